The van der Waals surface area contributed by atoms with E-state index in [0.29, 0.717) is 13.1 Å². The Labute approximate surface area is 105 Å². The van der Waals surface area contributed by atoms with Crippen LogP contribution in [-0.2, 0) is 4.79 Å². The molecule has 0 unspecified atom stereocenters. The number of rotatable bonds is 2. The van der Waals surface area contributed by atoms with Crippen molar-refractivity contribution in [2.24, 2.45) is 0 Å². The minimum Gasteiger partial charge on any atom is -0.478 e. The molecule has 5 heteroatoms. The molecule has 18 heavy (non-hydrogen) atoms. The van der Waals surface area contributed by atoms with E-state index in [4.69, 9.17) is 5.11 Å². The van der Waals surface area contributed by atoms with Crippen molar-refractivity contribution in [1.82, 2.24) is 10.2 Å². The van der Waals surface area contributed by atoms with E-state index in [0.717, 1.165) is 12.1 Å². The van der Waals surface area contributed by atoms with Crippen LogP contribution in [0, 0.1) is 0 Å². The average Bonchev–Trinajstić information content (AvgIpc) is 2.39. The molecule has 1 aliphatic heterocycles. The van der Waals surface area contributed by atoms with E-state index in [9.17, 15) is 9.59 Å². The summed E-state index contributed by atoms with van der Waals surface area (Å²) in [6.07, 6.45) is 0. The highest BCUT2D eigenvalue weighted by atomic mass is 16.4. The quantitative estimate of drug-likeness (QED) is 0.815. The molecule has 96 valence electrons. The summed E-state index contributed by atoms with van der Waals surface area (Å²) >= 11 is 0. The average molecular weight is 248 g/mol. The lowest BCUT2D eigenvalue weighted by atomic mass is 10.0. The first-order valence-electron chi connectivity index (χ1n) is 5.90. The summed E-state index contributed by atoms with van der Waals surface area (Å²) in [4.78, 5) is 24.1. The standard InChI is InChI=1S/C13H16N2O3/c1-9(16)15-6-5-14-12(8-15)10-3-2-4-11(7-10)13(17)18/h2-4,7,12,14H,5-6,8H2,1H3,(H,17,18)/t12-/m1/s1. The Morgan fingerprint density at radius 3 is 2.89 bits per heavy atom. The molecule has 1 heterocycles. The van der Waals surface area contributed by atoms with Gasteiger partial charge in [-0.05, 0) is 17.7 Å². The minimum atomic E-state index is -0.934. The zero-order valence-electron chi connectivity index (χ0n) is 10.2. The van der Waals surface area contributed by atoms with Crippen LogP contribution in [0.5, 0.6) is 0 Å². The number of nitrogens with one attached hydrogen (secondary N) is 1. The van der Waals surface area contributed by atoms with Gasteiger partial charge in [-0.3, -0.25) is 4.79 Å². The van der Waals surface area contributed by atoms with Gasteiger partial charge < -0.3 is 15.3 Å². The van der Waals surface area contributed by atoms with Crippen LogP contribution in [-0.4, -0.2) is 41.5 Å². The number of hydrogen-bond acceptors (Lipinski definition) is 3. The van der Waals surface area contributed by atoms with Crippen molar-refractivity contribution in [2.75, 3.05) is 19.6 Å². The lowest BCUT2D eigenvalue weighted by molar-refractivity contribution is -0.130. The van der Waals surface area contributed by atoms with E-state index in [1.165, 1.54) is 0 Å². The number of piperazine rings is 1. The number of aromatic carboxylic acids is 1. The molecule has 1 atom stereocenters. The number of benzene rings is 1. The fourth-order valence-electron chi connectivity index (χ4n) is 2.15. The number of carbonyl (C=O) groups excluding carboxylic acids is 1. The summed E-state index contributed by atoms with van der Waals surface area (Å²) in [7, 11) is 0. The molecule has 0 bridgehead atoms. The molecule has 0 radical (unpaired) electrons. The van der Waals surface area contributed by atoms with Gasteiger partial charge >= 0.3 is 5.97 Å². The minimum absolute atomic E-state index is 0.00181. The molecule has 1 fully saturated rings. The molecule has 2 N–H and O–H groups in total. The normalized spacial score (nSPS) is 19.6. The number of carboxylic acids is 1. The predicted molar refractivity (Wildman–Crippen MR) is 66.4 cm³/mol. The summed E-state index contributed by atoms with van der Waals surface area (Å²) in [6.45, 7) is 3.56. The maximum absolute atomic E-state index is 11.4. The zero-order chi connectivity index (χ0) is 13.1. The van der Waals surface area contributed by atoms with Gasteiger partial charge in [-0.25, -0.2) is 4.79 Å². The molecular weight excluding hydrogens is 232 g/mol. The van der Waals surface area contributed by atoms with E-state index >= 15 is 0 Å². The van der Waals surface area contributed by atoms with Crippen LogP contribution in [0.2, 0.25) is 0 Å². The smallest absolute Gasteiger partial charge is 0.335 e. The van der Waals surface area contributed by atoms with Gasteiger partial charge in [0.25, 0.3) is 0 Å². The van der Waals surface area contributed by atoms with Gasteiger partial charge in [-0.1, -0.05) is 12.1 Å². The molecule has 0 aliphatic carbocycles. The van der Waals surface area contributed by atoms with Crippen LogP contribution in [0.15, 0.2) is 24.3 Å². The maximum atomic E-state index is 11.4. The van der Waals surface area contributed by atoms with Gasteiger partial charge in [0.2, 0.25) is 5.91 Å². The van der Waals surface area contributed by atoms with Gasteiger partial charge in [0.05, 0.1) is 5.56 Å². The Hall–Kier alpha value is -1.88. The van der Waals surface area contributed by atoms with E-state index in [-0.39, 0.29) is 17.5 Å². The highest BCUT2D eigenvalue weighted by Crippen LogP contribution is 2.18. The van der Waals surface area contributed by atoms with Crippen LogP contribution in [0.25, 0.3) is 0 Å². The molecule has 1 aromatic rings. The Kier molecular flexibility index (Phi) is 3.62. The van der Waals surface area contributed by atoms with E-state index in [1.807, 2.05) is 6.07 Å². The second kappa shape index (κ2) is 5.18. The van der Waals surface area contributed by atoms with Gasteiger partial charge in [0.1, 0.15) is 0 Å². The lowest BCUT2D eigenvalue weighted by Crippen LogP contribution is -2.47. The third-order valence-corrected chi connectivity index (χ3v) is 3.16. The van der Waals surface area contributed by atoms with Crippen molar-refractivity contribution in [1.29, 1.82) is 0 Å². The number of amides is 1. The second-order valence-corrected chi connectivity index (χ2v) is 4.40. The zero-order valence-corrected chi connectivity index (χ0v) is 10.2. The van der Waals surface area contributed by atoms with Crippen LogP contribution >= 0.6 is 0 Å². The first-order chi connectivity index (χ1) is 8.58. The van der Waals surface area contributed by atoms with Crippen molar-refractivity contribution in [3.63, 3.8) is 0 Å². The van der Waals surface area contributed by atoms with Crippen molar-refractivity contribution >= 4 is 11.9 Å². The van der Waals surface area contributed by atoms with Crippen molar-refractivity contribution < 1.29 is 14.7 Å². The van der Waals surface area contributed by atoms with Crippen LogP contribution in [0.1, 0.15) is 28.9 Å². The van der Waals surface area contributed by atoms with Crippen LogP contribution < -0.4 is 5.32 Å². The van der Waals surface area contributed by atoms with E-state index < -0.39 is 5.97 Å². The van der Waals surface area contributed by atoms with Crippen molar-refractivity contribution in [3.8, 4) is 0 Å². The molecule has 5 nitrogen and oxygen atoms in total. The highest BCUT2D eigenvalue weighted by Gasteiger charge is 2.22. The molecule has 1 amide bonds. The van der Waals surface area contributed by atoms with Crippen LogP contribution in [0.4, 0.5) is 0 Å². The summed E-state index contributed by atoms with van der Waals surface area (Å²) in [5, 5.41) is 12.3. The Morgan fingerprint density at radius 2 is 2.22 bits per heavy atom. The highest BCUT2D eigenvalue weighted by molar-refractivity contribution is 5.87. The van der Waals surface area contributed by atoms with Crippen molar-refractivity contribution in [2.45, 2.75) is 13.0 Å². The Morgan fingerprint density at radius 1 is 1.44 bits per heavy atom. The molecule has 0 aromatic heterocycles. The first kappa shape index (κ1) is 12.6. The van der Waals surface area contributed by atoms with Crippen molar-refractivity contribution in [3.05, 3.63) is 35.4 Å². The Balaban J connectivity index is 2.18. The summed E-state index contributed by atoms with van der Waals surface area (Å²) in [5.74, 6) is -0.882. The molecule has 1 aromatic carbocycles. The number of carbonyl (C=O) groups is 2. The Bertz CT molecular complexity index is 473. The maximum Gasteiger partial charge on any atom is 0.335 e. The topological polar surface area (TPSA) is 69.6 Å². The van der Waals surface area contributed by atoms with E-state index in [2.05, 4.69) is 5.32 Å². The molecule has 1 saturated heterocycles. The molecule has 1 aliphatic rings. The largest absolute Gasteiger partial charge is 0.478 e. The SMILES string of the molecule is CC(=O)N1CCN[C@@H](c2cccc(C(=O)O)c2)C1. The third-order valence-electron chi connectivity index (χ3n) is 3.16. The van der Waals surface area contributed by atoms with Gasteiger partial charge in [-0.2, -0.15) is 0 Å². The monoisotopic (exact) mass is 248 g/mol. The molecule has 0 saturated carbocycles. The lowest BCUT2D eigenvalue weighted by Gasteiger charge is -2.33. The fraction of sp³-hybridized carbons (Fsp3) is 0.385. The summed E-state index contributed by atoms with van der Waals surface area (Å²) in [6, 6.07) is 6.84. The van der Waals surface area contributed by atoms with E-state index in [1.54, 1.807) is 30.0 Å². The van der Waals surface area contributed by atoms with Gasteiger partial charge in [0.15, 0.2) is 0 Å². The van der Waals surface area contributed by atoms with Crippen LogP contribution in [0.3, 0.4) is 0 Å². The van der Waals surface area contributed by atoms with Gasteiger partial charge in [0, 0.05) is 32.6 Å². The second-order valence-electron chi connectivity index (χ2n) is 4.40. The summed E-state index contributed by atoms with van der Waals surface area (Å²) in [5.41, 5.74) is 1.18. The molecule has 0 spiro atoms. The first-order valence-corrected chi connectivity index (χ1v) is 5.90. The number of nitrogens with zero attached hydrogens (tertiary/aromatic N) is 1. The number of hydrogen-bond donors (Lipinski definition) is 2. The summed E-state index contributed by atoms with van der Waals surface area (Å²) < 4.78 is 0. The molecule has 2 rings (SSSR count). The fourth-order valence-corrected chi connectivity index (χ4v) is 2.15. The number of carboxylic acid groups (broad SMARTS) is 1. The predicted octanol–water partition coefficient (Wildman–Crippen LogP) is 0.878. The third kappa shape index (κ3) is 2.68. The van der Waals surface area contributed by atoms with Gasteiger partial charge in [-0.15, -0.1) is 0 Å². The molecular formula is C13H16N2O3.